The molecular formula is C22H20BrF3N4. The third-order valence-electron chi connectivity index (χ3n) is 5.17. The molecule has 4 nitrogen and oxygen atoms in total. The Balaban J connectivity index is 1.57. The summed E-state index contributed by atoms with van der Waals surface area (Å²) in [6.07, 6.45) is 1.16. The molecule has 0 aliphatic heterocycles. The zero-order chi connectivity index (χ0) is 21.1. The third kappa shape index (κ3) is 4.92. The van der Waals surface area contributed by atoms with Gasteiger partial charge in [0.1, 0.15) is 11.4 Å². The van der Waals surface area contributed by atoms with Crippen LogP contribution in [0.2, 0.25) is 0 Å². The summed E-state index contributed by atoms with van der Waals surface area (Å²) >= 11 is 3.31. The highest BCUT2D eigenvalue weighted by atomic mass is 79.9. The average molecular weight is 477 g/mol. The van der Waals surface area contributed by atoms with Crippen LogP contribution in [0.3, 0.4) is 0 Å². The van der Waals surface area contributed by atoms with Crippen molar-refractivity contribution in [2.24, 2.45) is 0 Å². The molecule has 1 saturated carbocycles. The van der Waals surface area contributed by atoms with Gasteiger partial charge in [0.05, 0.1) is 0 Å². The average Bonchev–Trinajstić information content (AvgIpc) is 3.23. The van der Waals surface area contributed by atoms with Crippen LogP contribution in [-0.2, 0) is 6.18 Å². The summed E-state index contributed by atoms with van der Waals surface area (Å²) in [5.74, 6) is 0.386. The highest BCUT2D eigenvalue weighted by Gasteiger charge is 2.35. The van der Waals surface area contributed by atoms with E-state index in [1.807, 2.05) is 12.1 Å². The van der Waals surface area contributed by atoms with Crippen molar-refractivity contribution in [2.45, 2.75) is 37.8 Å². The second-order valence-electron chi connectivity index (χ2n) is 7.32. The van der Waals surface area contributed by atoms with Crippen molar-refractivity contribution in [3.05, 3.63) is 70.3 Å². The van der Waals surface area contributed by atoms with E-state index in [-0.39, 0.29) is 11.8 Å². The molecule has 1 aromatic heterocycles. The first-order valence-electron chi connectivity index (χ1n) is 9.72. The van der Waals surface area contributed by atoms with E-state index in [1.165, 1.54) is 31.2 Å². The number of alkyl halides is 3. The van der Waals surface area contributed by atoms with Crippen molar-refractivity contribution in [3.8, 4) is 0 Å². The van der Waals surface area contributed by atoms with Crippen molar-refractivity contribution in [3.63, 3.8) is 0 Å². The van der Waals surface area contributed by atoms with Crippen molar-refractivity contribution >= 4 is 39.1 Å². The summed E-state index contributed by atoms with van der Waals surface area (Å²) < 4.78 is 41.0. The number of halogens is 4. The highest BCUT2D eigenvalue weighted by molar-refractivity contribution is 9.10. The van der Waals surface area contributed by atoms with Crippen LogP contribution in [-0.4, -0.2) is 9.97 Å². The fraction of sp³-hybridized carbons (Fsp3) is 0.273. The molecular weight excluding hydrogens is 457 g/mol. The van der Waals surface area contributed by atoms with Gasteiger partial charge in [-0.1, -0.05) is 47.0 Å². The van der Waals surface area contributed by atoms with E-state index in [0.717, 1.165) is 16.4 Å². The topological polar surface area (TPSA) is 49.8 Å². The summed E-state index contributed by atoms with van der Waals surface area (Å²) in [5.41, 5.74) is 1.58. The van der Waals surface area contributed by atoms with Crippen LogP contribution in [0.15, 0.2) is 59.2 Å². The van der Waals surface area contributed by atoms with Gasteiger partial charge in [-0.15, -0.1) is 0 Å². The Morgan fingerprint density at radius 1 is 0.933 bits per heavy atom. The van der Waals surface area contributed by atoms with Crippen LogP contribution in [0, 0.1) is 0 Å². The highest BCUT2D eigenvalue weighted by Crippen LogP contribution is 2.36. The predicted molar refractivity (Wildman–Crippen MR) is 115 cm³/mol. The molecule has 1 aliphatic rings. The Bertz CT molecular complexity index is 1020. The number of hydrogen-bond donors (Lipinski definition) is 2. The Hall–Kier alpha value is -2.61. The summed E-state index contributed by atoms with van der Waals surface area (Å²) in [6.45, 7) is 0. The normalized spacial score (nSPS) is 14.7. The maximum atomic E-state index is 13.4. The van der Waals surface area contributed by atoms with Crippen molar-refractivity contribution in [1.82, 2.24) is 9.97 Å². The lowest BCUT2D eigenvalue weighted by Crippen LogP contribution is -2.12. The molecule has 2 aromatic carbocycles. The molecule has 30 heavy (non-hydrogen) atoms. The first kappa shape index (κ1) is 20.7. The molecule has 8 heteroatoms. The quantitative estimate of drug-likeness (QED) is 0.402. The third-order valence-corrected chi connectivity index (χ3v) is 5.67. The van der Waals surface area contributed by atoms with Crippen molar-refractivity contribution < 1.29 is 13.2 Å². The van der Waals surface area contributed by atoms with Gasteiger partial charge < -0.3 is 10.6 Å². The predicted octanol–water partition coefficient (Wildman–Crippen LogP) is 7.40. The first-order chi connectivity index (χ1) is 14.4. The SMILES string of the molecule is FC(F)(F)c1cnc(Nc2ccc(C3CCCC3)cc2)nc1Nc1cccc(Br)c1. The van der Waals surface area contributed by atoms with Crippen LogP contribution >= 0.6 is 15.9 Å². The van der Waals surface area contributed by atoms with Gasteiger partial charge in [0, 0.05) is 22.0 Å². The zero-order valence-electron chi connectivity index (χ0n) is 16.0. The Morgan fingerprint density at radius 3 is 2.33 bits per heavy atom. The molecule has 156 valence electrons. The van der Waals surface area contributed by atoms with Crippen LogP contribution in [0.4, 0.5) is 36.3 Å². The maximum absolute atomic E-state index is 13.4. The molecule has 1 aliphatic carbocycles. The van der Waals surface area contributed by atoms with E-state index in [1.54, 1.807) is 24.3 Å². The van der Waals surface area contributed by atoms with Crippen LogP contribution in [0.5, 0.6) is 0 Å². The van der Waals surface area contributed by atoms with Gasteiger partial charge in [0.15, 0.2) is 0 Å². The van der Waals surface area contributed by atoms with E-state index in [2.05, 4.69) is 48.7 Å². The lowest BCUT2D eigenvalue weighted by molar-refractivity contribution is -0.137. The van der Waals surface area contributed by atoms with E-state index < -0.39 is 11.7 Å². The number of nitrogens with zero attached hydrogens (tertiary/aromatic N) is 2. The van der Waals surface area contributed by atoms with Crippen molar-refractivity contribution in [1.29, 1.82) is 0 Å². The van der Waals surface area contributed by atoms with Gasteiger partial charge in [-0.05, 0) is 54.7 Å². The Kier molecular flexibility index (Phi) is 5.94. The molecule has 1 heterocycles. The molecule has 0 unspecified atom stereocenters. The zero-order valence-corrected chi connectivity index (χ0v) is 17.6. The minimum absolute atomic E-state index is 0.0918. The molecule has 0 bridgehead atoms. The molecule has 4 rings (SSSR count). The van der Waals surface area contributed by atoms with Gasteiger partial charge in [-0.2, -0.15) is 18.2 Å². The molecule has 0 saturated heterocycles. The van der Waals surface area contributed by atoms with E-state index >= 15 is 0 Å². The Morgan fingerprint density at radius 2 is 1.67 bits per heavy atom. The standard InChI is InChI=1S/C22H20BrF3N4/c23-16-6-3-7-18(12-16)28-20-19(22(24,25)26)13-27-21(30-20)29-17-10-8-15(9-11-17)14-4-1-2-5-14/h3,6-14H,1-2,4-5H2,(H2,27,28,29,30). The summed E-state index contributed by atoms with van der Waals surface area (Å²) in [7, 11) is 0. The maximum Gasteiger partial charge on any atom is 0.421 e. The fourth-order valence-electron chi connectivity index (χ4n) is 3.67. The summed E-state index contributed by atoms with van der Waals surface area (Å²) in [4.78, 5) is 7.96. The molecule has 3 aromatic rings. The minimum Gasteiger partial charge on any atom is -0.340 e. The van der Waals surface area contributed by atoms with Crippen LogP contribution in [0.1, 0.15) is 42.7 Å². The van der Waals surface area contributed by atoms with Gasteiger partial charge in [0.25, 0.3) is 0 Å². The van der Waals surface area contributed by atoms with Crippen LogP contribution < -0.4 is 10.6 Å². The molecule has 0 radical (unpaired) electrons. The van der Waals surface area contributed by atoms with Gasteiger partial charge >= 0.3 is 6.18 Å². The summed E-state index contributed by atoms with van der Waals surface area (Å²) in [5, 5.41) is 5.75. The first-order valence-corrected chi connectivity index (χ1v) is 10.5. The number of hydrogen-bond acceptors (Lipinski definition) is 4. The largest absolute Gasteiger partial charge is 0.421 e. The number of anilines is 4. The van der Waals surface area contributed by atoms with E-state index in [0.29, 0.717) is 11.6 Å². The number of rotatable bonds is 5. The lowest BCUT2D eigenvalue weighted by Gasteiger charge is -2.15. The Labute approximate surface area is 181 Å². The second kappa shape index (κ2) is 8.63. The van der Waals surface area contributed by atoms with Crippen LogP contribution in [0.25, 0.3) is 0 Å². The summed E-state index contributed by atoms with van der Waals surface area (Å²) in [6, 6.07) is 14.8. The smallest absolute Gasteiger partial charge is 0.340 e. The fourth-order valence-corrected chi connectivity index (χ4v) is 4.07. The number of aromatic nitrogens is 2. The van der Waals surface area contributed by atoms with E-state index in [9.17, 15) is 13.2 Å². The molecule has 0 spiro atoms. The van der Waals surface area contributed by atoms with Gasteiger partial charge in [-0.3, -0.25) is 0 Å². The van der Waals surface area contributed by atoms with E-state index in [4.69, 9.17) is 0 Å². The second-order valence-corrected chi connectivity index (χ2v) is 8.23. The van der Waals surface area contributed by atoms with Crippen molar-refractivity contribution in [2.75, 3.05) is 10.6 Å². The molecule has 0 amide bonds. The molecule has 2 N–H and O–H groups in total. The molecule has 1 fully saturated rings. The molecule has 0 atom stereocenters. The minimum atomic E-state index is -4.57. The number of nitrogens with one attached hydrogen (secondary N) is 2. The number of benzene rings is 2. The van der Waals surface area contributed by atoms with Gasteiger partial charge in [-0.25, -0.2) is 4.98 Å². The van der Waals surface area contributed by atoms with Gasteiger partial charge in [0.2, 0.25) is 5.95 Å². The lowest BCUT2D eigenvalue weighted by atomic mass is 9.98. The monoisotopic (exact) mass is 476 g/mol.